The number of halogens is 1. The highest BCUT2D eigenvalue weighted by atomic mass is 32.2. The minimum Gasteiger partial charge on any atom is -0.381 e. The number of morpholine rings is 1. The number of nitrogens with zero attached hydrogens (tertiary/aromatic N) is 3. The van der Waals surface area contributed by atoms with Crippen LogP contribution in [0, 0.1) is 11.7 Å². The number of carbonyl (C=O) groups excluding carboxylic acids is 1. The lowest BCUT2D eigenvalue weighted by atomic mass is 9.97. The number of hydrogen-bond donors (Lipinski definition) is 1. The van der Waals surface area contributed by atoms with E-state index in [9.17, 15) is 17.6 Å². The number of urea groups is 1. The Hall–Kier alpha value is -1.79. The van der Waals surface area contributed by atoms with Gasteiger partial charge in [0.25, 0.3) is 0 Å². The summed E-state index contributed by atoms with van der Waals surface area (Å²) in [5.41, 5.74) is 0. The third kappa shape index (κ3) is 6.02. The molecule has 3 aliphatic heterocycles. The van der Waals surface area contributed by atoms with Crippen LogP contribution in [0.15, 0.2) is 29.2 Å². The zero-order valence-corrected chi connectivity index (χ0v) is 19.6. The van der Waals surface area contributed by atoms with Gasteiger partial charge in [-0.2, -0.15) is 4.31 Å². The first-order valence-electron chi connectivity index (χ1n) is 11.6. The molecular formula is C22H33FN4O5S. The summed E-state index contributed by atoms with van der Waals surface area (Å²) < 4.78 is 51.5. The zero-order valence-electron chi connectivity index (χ0n) is 18.8. The van der Waals surface area contributed by atoms with E-state index >= 15 is 0 Å². The van der Waals surface area contributed by atoms with Crippen molar-refractivity contribution in [2.75, 3.05) is 72.2 Å². The maximum Gasteiger partial charge on any atom is 0.317 e. The van der Waals surface area contributed by atoms with Gasteiger partial charge < -0.3 is 19.7 Å². The van der Waals surface area contributed by atoms with Gasteiger partial charge in [0, 0.05) is 64.4 Å². The Morgan fingerprint density at radius 2 is 1.79 bits per heavy atom. The molecule has 4 rings (SSSR count). The summed E-state index contributed by atoms with van der Waals surface area (Å²) >= 11 is 0. The van der Waals surface area contributed by atoms with Gasteiger partial charge in [0.2, 0.25) is 10.0 Å². The van der Waals surface area contributed by atoms with Crippen LogP contribution in [0.3, 0.4) is 0 Å². The van der Waals surface area contributed by atoms with E-state index in [-0.39, 0.29) is 23.5 Å². The summed E-state index contributed by atoms with van der Waals surface area (Å²) in [6.07, 6.45) is 1.52. The summed E-state index contributed by atoms with van der Waals surface area (Å²) in [5.74, 6) is -0.101. The number of carbonyl (C=O) groups is 1. The average molecular weight is 485 g/mol. The summed E-state index contributed by atoms with van der Waals surface area (Å²) in [6, 6.07) is 4.86. The molecule has 184 valence electrons. The van der Waals surface area contributed by atoms with E-state index in [0.29, 0.717) is 58.3 Å². The number of amides is 2. The predicted octanol–water partition coefficient (Wildman–Crippen LogP) is 0.969. The van der Waals surface area contributed by atoms with Crippen LogP contribution < -0.4 is 5.32 Å². The van der Waals surface area contributed by atoms with Gasteiger partial charge in [-0.15, -0.1) is 0 Å². The summed E-state index contributed by atoms with van der Waals surface area (Å²) in [4.78, 5) is 17.1. The summed E-state index contributed by atoms with van der Waals surface area (Å²) in [6.45, 7) is 6.38. The number of ether oxygens (including phenoxy) is 2. The van der Waals surface area contributed by atoms with Crippen molar-refractivity contribution in [3.8, 4) is 0 Å². The van der Waals surface area contributed by atoms with Crippen molar-refractivity contribution < 1.29 is 27.1 Å². The van der Waals surface area contributed by atoms with E-state index in [4.69, 9.17) is 9.47 Å². The second-order valence-corrected chi connectivity index (χ2v) is 10.7. The average Bonchev–Trinajstić information content (AvgIpc) is 3.23. The minimum atomic E-state index is -3.73. The monoisotopic (exact) mass is 484 g/mol. The molecule has 3 fully saturated rings. The first kappa shape index (κ1) is 24.3. The van der Waals surface area contributed by atoms with Crippen LogP contribution in [-0.2, 0) is 19.5 Å². The smallest absolute Gasteiger partial charge is 0.317 e. The summed E-state index contributed by atoms with van der Waals surface area (Å²) in [5, 5.41) is 3.09. The Morgan fingerprint density at radius 3 is 2.48 bits per heavy atom. The van der Waals surface area contributed by atoms with Crippen molar-refractivity contribution in [3.05, 3.63) is 30.1 Å². The van der Waals surface area contributed by atoms with E-state index < -0.39 is 15.8 Å². The van der Waals surface area contributed by atoms with E-state index in [1.54, 1.807) is 4.90 Å². The van der Waals surface area contributed by atoms with Crippen molar-refractivity contribution in [3.63, 3.8) is 0 Å². The molecule has 3 heterocycles. The molecule has 0 aromatic heterocycles. The van der Waals surface area contributed by atoms with Gasteiger partial charge >= 0.3 is 6.03 Å². The van der Waals surface area contributed by atoms with Crippen molar-refractivity contribution >= 4 is 16.1 Å². The molecule has 2 unspecified atom stereocenters. The fourth-order valence-corrected chi connectivity index (χ4v) is 6.23. The molecule has 3 aliphatic rings. The van der Waals surface area contributed by atoms with Crippen LogP contribution in [0.1, 0.15) is 12.8 Å². The molecule has 0 radical (unpaired) electrons. The third-order valence-corrected chi connectivity index (χ3v) is 8.59. The molecular weight excluding hydrogens is 451 g/mol. The zero-order chi connectivity index (χ0) is 23.3. The quantitative estimate of drug-likeness (QED) is 0.647. The Morgan fingerprint density at radius 1 is 1.03 bits per heavy atom. The standard InChI is InChI=1S/C22H33FN4O5S/c23-19-2-4-20(5-3-19)33(29,30)27-8-1-7-26(9-10-27)22(28)24-16-21(18-6-13-32-17-18)25-11-14-31-15-12-25/h2-5,18,21H,1,6-17H2,(H,24,28). The van der Waals surface area contributed by atoms with Gasteiger partial charge in [0.05, 0.1) is 24.7 Å². The lowest BCUT2D eigenvalue weighted by Gasteiger charge is -2.37. The number of nitrogens with one attached hydrogen (secondary N) is 1. The van der Waals surface area contributed by atoms with Crippen LogP contribution in [-0.4, -0.2) is 107 Å². The molecule has 9 nitrogen and oxygen atoms in total. The lowest BCUT2D eigenvalue weighted by Crippen LogP contribution is -2.54. The van der Waals surface area contributed by atoms with Crippen molar-refractivity contribution in [1.82, 2.24) is 19.4 Å². The molecule has 1 aromatic carbocycles. The topological polar surface area (TPSA) is 91.4 Å². The van der Waals surface area contributed by atoms with Crippen LogP contribution >= 0.6 is 0 Å². The largest absolute Gasteiger partial charge is 0.381 e. The van der Waals surface area contributed by atoms with Gasteiger partial charge in [-0.3, -0.25) is 4.90 Å². The number of sulfonamides is 1. The first-order valence-corrected chi connectivity index (χ1v) is 13.1. The van der Waals surface area contributed by atoms with Crippen LogP contribution in [0.2, 0.25) is 0 Å². The fraction of sp³-hybridized carbons (Fsp3) is 0.682. The van der Waals surface area contributed by atoms with E-state index in [2.05, 4.69) is 10.2 Å². The molecule has 33 heavy (non-hydrogen) atoms. The SMILES string of the molecule is O=C(NCC(C1CCOC1)N1CCOCC1)N1CCCN(S(=O)(=O)c2ccc(F)cc2)CC1. The fourth-order valence-electron chi connectivity index (χ4n) is 4.76. The Kier molecular flexibility index (Phi) is 8.18. The summed E-state index contributed by atoms with van der Waals surface area (Å²) in [7, 11) is -3.73. The highest BCUT2D eigenvalue weighted by Gasteiger charge is 2.33. The second-order valence-electron chi connectivity index (χ2n) is 8.72. The predicted molar refractivity (Wildman–Crippen MR) is 120 cm³/mol. The minimum absolute atomic E-state index is 0.0638. The third-order valence-electron chi connectivity index (χ3n) is 6.68. The van der Waals surface area contributed by atoms with Gasteiger partial charge in [-0.05, 0) is 37.1 Å². The van der Waals surface area contributed by atoms with Gasteiger partial charge in [-0.1, -0.05) is 0 Å². The molecule has 0 saturated carbocycles. The van der Waals surface area contributed by atoms with Crippen molar-refractivity contribution in [1.29, 1.82) is 0 Å². The van der Waals surface area contributed by atoms with Crippen molar-refractivity contribution in [2.45, 2.75) is 23.8 Å². The Bertz CT molecular complexity index is 889. The lowest BCUT2D eigenvalue weighted by molar-refractivity contribution is 0.00187. The number of rotatable bonds is 6. The number of benzene rings is 1. The van der Waals surface area contributed by atoms with Crippen LogP contribution in [0.25, 0.3) is 0 Å². The van der Waals surface area contributed by atoms with E-state index in [1.165, 1.54) is 16.4 Å². The molecule has 2 atom stereocenters. The molecule has 0 spiro atoms. The molecule has 11 heteroatoms. The maximum atomic E-state index is 13.2. The number of hydrogen-bond acceptors (Lipinski definition) is 6. The van der Waals surface area contributed by atoms with Crippen molar-refractivity contribution in [2.24, 2.45) is 5.92 Å². The van der Waals surface area contributed by atoms with E-state index in [1.807, 2.05) is 0 Å². The molecule has 1 aromatic rings. The normalized spacial score (nSPS) is 24.4. The van der Waals surface area contributed by atoms with Crippen LogP contribution in [0.5, 0.6) is 0 Å². The molecule has 2 amide bonds. The van der Waals surface area contributed by atoms with Gasteiger partial charge in [0.15, 0.2) is 0 Å². The first-order chi connectivity index (χ1) is 15.9. The highest BCUT2D eigenvalue weighted by Crippen LogP contribution is 2.22. The second kappa shape index (κ2) is 11.1. The Labute approximate surface area is 194 Å². The Balaban J connectivity index is 1.33. The maximum absolute atomic E-state index is 13.2. The van der Waals surface area contributed by atoms with E-state index in [0.717, 1.165) is 38.2 Å². The van der Waals surface area contributed by atoms with Gasteiger partial charge in [0.1, 0.15) is 5.82 Å². The molecule has 0 aliphatic carbocycles. The van der Waals surface area contributed by atoms with Crippen LogP contribution in [0.4, 0.5) is 9.18 Å². The van der Waals surface area contributed by atoms with Gasteiger partial charge in [-0.25, -0.2) is 17.6 Å². The highest BCUT2D eigenvalue weighted by molar-refractivity contribution is 7.89. The molecule has 3 saturated heterocycles. The molecule has 1 N–H and O–H groups in total. The molecule has 0 bridgehead atoms.